The summed E-state index contributed by atoms with van der Waals surface area (Å²) in [6.07, 6.45) is 0.958. The third kappa shape index (κ3) is 3.40. The van der Waals surface area contributed by atoms with Crippen molar-refractivity contribution in [1.29, 1.82) is 0 Å². The maximum atomic E-state index is 10.4. The SMILES string of the molecule is O=[PH](O)CCc1cccc(Cl)c1. The molecule has 0 amide bonds. The summed E-state index contributed by atoms with van der Waals surface area (Å²) in [5.74, 6) is 0. The van der Waals surface area contributed by atoms with Gasteiger partial charge in [0.1, 0.15) is 0 Å². The van der Waals surface area contributed by atoms with E-state index < -0.39 is 8.03 Å². The number of benzene rings is 1. The first-order chi connectivity index (χ1) is 5.68. The molecule has 12 heavy (non-hydrogen) atoms. The Morgan fingerprint density at radius 2 is 2.25 bits per heavy atom. The second-order valence-corrected chi connectivity index (χ2v) is 4.25. The molecule has 0 spiro atoms. The predicted molar refractivity (Wildman–Crippen MR) is 51.2 cm³/mol. The molecule has 0 aliphatic heterocycles. The van der Waals surface area contributed by atoms with E-state index in [1.165, 1.54) is 0 Å². The second kappa shape index (κ2) is 4.66. The van der Waals surface area contributed by atoms with Gasteiger partial charge in [0.05, 0.1) is 0 Å². The van der Waals surface area contributed by atoms with Crippen LogP contribution in [0.3, 0.4) is 0 Å². The Balaban J connectivity index is 2.57. The largest absolute Gasteiger partial charge is 0.346 e. The third-order valence-corrected chi connectivity index (χ3v) is 2.43. The Morgan fingerprint density at radius 1 is 1.50 bits per heavy atom. The highest BCUT2D eigenvalue weighted by atomic mass is 35.5. The zero-order valence-corrected chi connectivity index (χ0v) is 8.21. The van der Waals surface area contributed by atoms with Crippen molar-refractivity contribution in [2.45, 2.75) is 6.42 Å². The van der Waals surface area contributed by atoms with E-state index in [1.54, 1.807) is 6.07 Å². The lowest BCUT2D eigenvalue weighted by Crippen LogP contribution is -1.87. The zero-order chi connectivity index (χ0) is 8.97. The van der Waals surface area contributed by atoms with Crippen molar-refractivity contribution < 1.29 is 9.46 Å². The van der Waals surface area contributed by atoms with Crippen molar-refractivity contribution >= 4 is 19.6 Å². The van der Waals surface area contributed by atoms with Gasteiger partial charge in [0, 0.05) is 11.2 Å². The Bertz CT molecular complexity index is 288. The number of halogens is 1. The molecule has 1 rings (SSSR count). The molecule has 0 radical (unpaired) electrons. The summed E-state index contributed by atoms with van der Waals surface area (Å²) in [5, 5.41) is 0.671. The fraction of sp³-hybridized carbons (Fsp3) is 0.250. The van der Waals surface area contributed by atoms with Gasteiger partial charge in [-0.1, -0.05) is 23.7 Å². The fourth-order valence-electron chi connectivity index (χ4n) is 0.944. The van der Waals surface area contributed by atoms with Gasteiger partial charge in [-0.3, -0.25) is 4.57 Å². The highest BCUT2D eigenvalue weighted by Gasteiger charge is 1.96. The Morgan fingerprint density at radius 3 is 2.83 bits per heavy atom. The van der Waals surface area contributed by atoms with E-state index in [9.17, 15) is 4.57 Å². The first-order valence-corrected chi connectivity index (χ1v) is 5.59. The minimum atomic E-state index is -2.34. The molecule has 2 nitrogen and oxygen atoms in total. The number of hydrogen-bond acceptors (Lipinski definition) is 1. The van der Waals surface area contributed by atoms with Gasteiger partial charge in [0.2, 0.25) is 0 Å². The summed E-state index contributed by atoms with van der Waals surface area (Å²) in [6, 6.07) is 7.34. The lowest BCUT2D eigenvalue weighted by Gasteiger charge is -1.98. The van der Waals surface area contributed by atoms with E-state index in [0.29, 0.717) is 17.6 Å². The maximum absolute atomic E-state index is 10.4. The molecule has 1 aromatic carbocycles. The average molecular weight is 205 g/mol. The summed E-state index contributed by atoms with van der Waals surface area (Å²) < 4.78 is 10.4. The quantitative estimate of drug-likeness (QED) is 0.768. The van der Waals surface area contributed by atoms with Gasteiger partial charge in [-0.05, 0) is 24.1 Å². The number of hydrogen-bond donors (Lipinski definition) is 1. The lowest BCUT2D eigenvalue weighted by atomic mass is 10.2. The first kappa shape index (κ1) is 9.79. The van der Waals surface area contributed by atoms with Crippen LogP contribution >= 0.6 is 19.6 Å². The standard InChI is InChI=1S/C8H10ClO2P/c9-8-3-1-2-7(6-8)4-5-12(10)11/h1-3,6,12H,4-5H2,(H,10,11). The van der Waals surface area contributed by atoms with Crippen LogP contribution in [0.25, 0.3) is 0 Å². The van der Waals surface area contributed by atoms with Gasteiger partial charge in [0.15, 0.2) is 8.03 Å². The molecular weight excluding hydrogens is 195 g/mol. The molecule has 1 unspecified atom stereocenters. The van der Waals surface area contributed by atoms with Crippen LogP contribution in [-0.2, 0) is 11.0 Å². The number of rotatable bonds is 3. The van der Waals surface area contributed by atoms with E-state index in [0.717, 1.165) is 5.56 Å². The van der Waals surface area contributed by atoms with Crippen molar-refractivity contribution in [3.8, 4) is 0 Å². The maximum Gasteiger partial charge on any atom is 0.189 e. The van der Waals surface area contributed by atoms with Crippen LogP contribution in [0, 0.1) is 0 Å². The normalized spacial score (nSPS) is 12.8. The van der Waals surface area contributed by atoms with Crippen LogP contribution in [0.5, 0.6) is 0 Å². The summed E-state index contributed by atoms with van der Waals surface area (Å²) >= 11 is 5.73. The van der Waals surface area contributed by atoms with Crippen LogP contribution in [0.1, 0.15) is 5.56 Å². The minimum Gasteiger partial charge on any atom is -0.346 e. The zero-order valence-electron chi connectivity index (χ0n) is 6.46. The molecule has 0 aliphatic carbocycles. The van der Waals surface area contributed by atoms with Crippen LogP contribution in [-0.4, -0.2) is 11.1 Å². The average Bonchev–Trinajstić information content (AvgIpc) is 2.01. The molecule has 0 heterocycles. The third-order valence-electron chi connectivity index (χ3n) is 1.52. The van der Waals surface area contributed by atoms with Gasteiger partial charge in [-0.2, -0.15) is 0 Å². The predicted octanol–water partition coefficient (Wildman–Crippen LogP) is 2.35. The molecule has 4 heteroatoms. The van der Waals surface area contributed by atoms with Crippen molar-refractivity contribution in [1.82, 2.24) is 0 Å². The molecule has 1 aromatic rings. The van der Waals surface area contributed by atoms with Crippen LogP contribution in [0.15, 0.2) is 24.3 Å². The van der Waals surface area contributed by atoms with Crippen LogP contribution in [0.4, 0.5) is 0 Å². The molecule has 0 saturated heterocycles. The molecule has 0 bridgehead atoms. The van der Waals surface area contributed by atoms with Gasteiger partial charge in [0.25, 0.3) is 0 Å². The summed E-state index contributed by atoms with van der Waals surface area (Å²) in [4.78, 5) is 8.60. The van der Waals surface area contributed by atoms with Crippen molar-refractivity contribution in [2.75, 3.05) is 6.16 Å². The van der Waals surface area contributed by atoms with Crippen molar-refractivity contribution in [3.63, 3.8) is 0 Å². The molecule has 0 saturated carbocycles. The van der Waals surface area contributed by atoms with E-state index in [4.69, 9.17) is 16.5 Å². The molecule has 0 fully saturated rings. The van der Waals surface area contributed by atoms with Gasteiger partial charge in [-0.15, -0.1) is 0 Å². The van der Waals surface area contributed by atoms with E-state index in [1.807, 2.05) is 18.2 Å². The van der Waals surface area contributed by atoms with Crippen LogP contribution < -0.4 is 0 Å². The first-order valence-electron chi connectivity index (χ1n) is 3.65. The summed E-state index contributed by atoms with van der Waals surface area (Å²) in [6.45, 7) is 0. The molecular formula is C8H10ClO2P. The smallest absolute Gasteiger partial charge is 0.189 e. The lowest BCUT2D eigenvalue weighted by molar-refractivity contribution is 0.502. The van der Waals surface area contributed by atoms with Gasteiger partial charge in [-0.25, -0.2) is 0 Å². The topological polar surface area (TPSA) is 37.3 Å². The van der Waals surface area contributed by atoms with Gasteiger partial charge >= 0.3 is 0 Å². The summed E-state index contributed by atoms with van der Waals surface area (Å²) in [7, 11) is -2.34. The minimum absolute atomic E-state index is 0.338. The van der Waals surface area contributed by atoms with E-state index >= 15 is 0 Å². The Hall–Kier alpha value is -0.300. The van der Waals surface area contributed by atoms with E-state index in [2.05, 4.69) is 0 Å². The van der Waals surface area contributed by atoms with Gasteiger partial charge < -0.3 is 4.89 Å². The van der Waals surface area contributed by atoms with Crippen LogP contribution in [0.2, 0.25) is 5.02 Å². The van der Waals surface area contributed by atoms with E-state index in [-0.39, 0.29) is 0 Å². The highest BCUT2D eigenvalue weighted by Crippen LogP contribution is 2.17. The monoisotopic (exact) mass is 204 g/mol. The molecule has 66 valence electrons. The number of aryl methyl sites for hydroxylation is 1. The Labute approximate surface area is 77.1 Å². The van der Waals surface area contributed by atoms with Crippen molar-refractivity contribution in [3.05, 3.63) is 34.9 Å². The molecule has 1 atom stereocenters. The molecule has 1 N–H and O–H groups in total. The molecule has 0 aromatic heterocycles. The second-order valence-electron chi connectivity index (χ2n) is 2.52. The van der Waals surface area contributed by atoms with Crippen molar-refractivity contribution in [2.24, 2.45) is 0 Å². The molecule has 0 aliphatic rings. The fourth-order valence-corrected chi connectivity index (χ4v) is 1.66. The summed E-state index contributed by atoms with van der Waals surface area (Å²) in [5.41, 5.74) is 1.01. The highest BCUT2D eigenvalue weighted by molar-refractivity contribution is 7.37. The Kier molecular flexibility index (Phi) is 3.80.